The minimum Gasteiger partial charge on any atom is -0.497 e. The summed E-state index contributed by atoms with van der Waals surface area (Å²) in [7, 11) is -0.775. The van der Waals surface area contributed by atoms with E-state index in [2.05, 4.69) is 4.72 Å². The van der Waals surface area contributed by atoms with Crippen LogP contribution >= 0.6 is 0 Å². The highest BCUT2D eigenvalue weighted by Gasteiger charge is 2.20. The van der Waals surface area contributed by atoms with Crippen molar-refractivity contribution in [1.82, 2.24) is 4.72 Å². The highest BCUT2D eigenvalue weighted by molar-refractivity contribution is 7.89. The largest absolute Gasteiger partial charge is 0.497 e. The van der Waals surface area contributed by atoms with Gasteiger partial charge in [-0.25, -0.2) is 13.1 Å². The summed E-state index contributed by atoms with van der Waals surface area (Å²) in [5, 5.41) is 0. The summed E-state index contributed by atoms with van der Waals surface area (Å²) in [5.74, 6) is 0.720. The molecule has 0 aliphatic heterocycles. The van der Waals surface area contributed by atoms with E-state index in [0.717, 1.165) is 5.56 Å². The van der Waals surface area contributed by atoms with Crippen LogP contribution in [0.15, 0.2) is 46.1 Å². The van der Waals surface area contributed by atoms with Crippen molar-refractivity contribution in [2.75, 3.05) is 20.8 Å². The Bertz CT molecular complexity index is 679. The average Bonchev–Trinajstić information content (AvgIpc) is 2.99. The fourth-order valence-electron chi connectivity index (χ4n) is 1.84. The fourth-order valence-corrected chi connectivity index (χ4v) is 3.05. The predicted molar refractivity (Wildman–Crippen MR) is 77.1 cm³/mol. The van der Waals surface area contributed by atoms with Crippen LogP contribution in [-0.2, 0) is 16.4 Å². The zero-order valence-electron chi connectivity index (χ0n) is 11.8. The first-order valence-electron chi connectivity index (χ1n) is 6.29. The molecule has 0 saturated heterocycles. The molecule has 6 nitrogen and oxygen atoms in total. The molecule has 0 spiro atoms. The van der Waals surface area contributed by atoms with Crippen molar-refractivity contribution in [3.05, 3.63) is 42.4 Å². The summed E-state index contributed by atoms with van der Waals surface area (Å²) in [6.07, 6.45) is 3.68. The van der Waals surface area contributed by atoms with Crippen molar-refractivity contribution in [3.63, 3.8) is 0 Å². The van der Waals surface area contributed by atoms with Gasteiger partial charge in [-0.05, 0) is 30.2 Å². The summed E-state index contributed by atoms with van der Waals surface area (Å²) in [4.78, 5) is 0.0524. The Morgan fingerprint density at radius 1 is 1.19 bits per heavy atom. The molecule has 1 aromatic carbocycles. The molecule has 1 heterocycles. The first-order chi connectivity index (χ1) is 10.1. The number of rotatable bonds is 7. The van der Waals surface area contributed by atoms with E-state index in [9.17, 15) is 8.42 Å². The zero-order valence-corrected chi connectivity index (χ0v) is 12.6. The minimum atomic E-state index is -3.67. The fraction of sp³-hybridized carbons (Fsp3) is 0.286. The van der Waals surface area contributed by atoms with Gasteiger partial charge in [-0.3, -0.25) is 0 Å². The van der Waals surface area contributed by atoms with Gasteiger partial charge in [0.05, 0.1) is 26.7 Å². The number of benzene rings is 1. The first kappa shape index (κ1) is 15.4. The Hall–Kier alpha value is -1.99. The van der Waals surface area contributed by atoms with Crippen molar-refractivity contribution < 1.29 is 22.3 Å². The second kappa shape index (κ2) is 6.64. The van der Waals surface area contributed by atoms with Crippen molar-refractivity contribution >= 4 is 10.0 Å². The molecular weight excluding hydrogens is 294 g/mol. The molecule has 1 aromatic heterocycles. The summed E-state index contributed by atoms with van der Waals surface area (Å²) in [6.45, 7) is 0.266. The predicted octanol–water partition coefficient (Wildman–Crippen LogP) is 1.82. The molecule has 0 radical (unpaired) electrons. The van der Waals surface area contributed by atoms with Crippen LogP contribution in [0.1, 0.15) is 5.56 Å². The lowest BCUT2D eigenvalue weighted by atomic mass is 10.2. The van der Waals surface area contributed by atoms with Gasteiger partial charge in [-0.1, -0.05) is 0 Å². The number of nitrogens with one attached hydrogen (secondary N) is 1. The third-order valence-electron chi connectivity index (χ3n) is 2.95. The van der Waals surface area contributed by atoms with Crippen LogP contribution < -0.4 is 14.2 Å². The lowest BCUT2D eigenvalue weighted by Gasteiger charge is -2.11. The molecule has 0 bridgehead atoms. The number of furan rings is 1. The van der Waals surface area contributed by atoms with E-state index < -0.39 is 10.0 Å². The average molecular weight is 311 g/mol. The van der Waals surface area contributed by atoms with Crippen LogP contribution in [0.25, 0.3) is 0 Å². The molecule has 2 rings (SSSR count). The molecule has 0 atom stereocenters. The molecule has 21 heavy (non-hydrogen) atoms. The molecule has 1 N–H and O–H groups in total. The van der Waals surface area contributed by atoms with E-state index in [0.29, 0.717) is 12.2 Å². The highest BCUT2D eigenvalue weighted by atomic mass is 32.2. The minimum absolute atomic E-state index is 0.0524. The molecule has 0 unspecified atom stereocenters. The van der Waals surface area contributed by atoms with Gasteiger partial charge in [0.2, 0.25) is 10.0 Å². The summed E-state index contributed by atoms with van der Waals surface area (Å²) in [6, 6.07) is 6.42. The summed E-state index contributed by atoms with van der Waals surface area (Å²) >= 11 is 0. The topological polar surface area (TPSA) is 77.8 Å². The van der Waals surface area contributed by atoms with Crippen LogP contribution in [0.2, 0.25) is 0 Å². The maximum absolute atomic E-state index is 12.3. The van der Waals surface area contributed by atoms with Gasteiger partial charge in [0.15, 0.2) is 0 Å². The van der Waals surface area contributed by atoms with Crippen LogP contribution in [0, 0.1) is 0 Å². The Labute approximate surface area is 123 Å². The quantitative estimate of drug-likeness (QED) is 0.844. The summed E-state index contributed by atoms with van der Waals surface area (Å²) in [5.41, 5.74) is 0.926. The molecule has 0 aliphatic carbocycles. The van der Waals surface area contributed by atoms with Crippen molar-refractivity contribution in [3.8, 4) is 11.5 Å². The Morgan fingerprint density at radius 3 is 2.62 bits per heavy atom. The van der Waals surface area contributed by atoms with Crippen LogP contribution in [0.3, 0.4) is 0 Å². The lowest BCUT2D eigenvalue weighted by molar-refractivity contribution is 0.392. The number of hydrogen-bond donors (Lipinski definition) is 1. The molecule has 0 saturated carbocycles. The molecule has 0 fully saturated rings. The number of hydrogen-bond acceptors (Lipinski definition) is 5. The van der Waals surface area contributed by atoms with Crippen LogP contribution in [0.4, 0.5) is 0 Å². The van der Waals surface area contributed by atoms with E-state index in [1.807, 2.05) is 0 Å². The molecular formula is C14H17NO5S. The van der Waals surface area contributed by atoms with Gasteiger partial charge < -0.3 is 13.9 Å². The van der Waals surface area contributed by atoms with Gasteiger partial charge in [0.25, 0.3) is 0 Å². The number of methoxy groups -OCH3 is 2. The van der Waals surface area contributed by atoms with Crippen LogP contribution in [-0.4, -0.2) is 29.2 Å². The summed E-state index contributed by atoms with van der Waals surface area (Å²) < 4.78 is 42.3. The Balaban J connectivity index is 2.14. The maximum atomic E-state index is 12.3. The normalized spacial score (nSPS) is 11.3. The maximum Gasteiger partial charge on any atom is 0.244 e. The van der Waals surface area contributed by atoms with Gasteiger partial charge in [0, 0.05) is 12.6 Å². The Morgan fingerprint density at radius 2 is 2.00 bits per heavy atom. The third kappa shape index (κ3) is 3.77. The van der Waals surface area contributed by atoms with E-state index >= 15 is 0 Å². The smallest absolute Gasteiger partial charge is 0.244 e. The van der Waals surface area contributed by atoms with Crippen molar-refractivity contribution in [2.45, 2.75) is 11.3 Å². The molecule has 0 amide bonds. The van der Waals surface area contributed by atoms with Crippen LogP contribution in [0.5, 0.6) is 11.5 Å². The monoisotopic (exact) mass is 311 g/mol. The van der Waals surface area contributed by atoms with Crippen molar-refractivity contribution in [1.29, 1.82) is 0 Å². The highest BCUT2D eigenvalue weighted by Crippen LogP contribution is 2.27. The lowest BCUT2D eigenvalue weighted by Crippen LogP contribution is -2.26. The third-order valence-corrected chi connectivity index (χ3v) is 4.43. The van der Waals surface area contributed by atoms with E-state index in [1.54, 1.807) is 30.7 Å². The van der Waals surface area contributed by atoms with Gasteiger partial charge in [-0.2, -0.15) is 0 Å². The molecule has 0 aliphatic rings. The SMILES string of the molecule is COc1ccc(OC)c(S(=O)(=O)NCCc2ccoc2)c1. The van der Waals surface area contributed by atoms with E-state index in [1.165, 1.54) is 20.3 Å². The van der Waals surface area contributed by atoms with E-state index in [-0.39, 0.29) is 17.2 Å². The molecule has 7 heteroatoms. The number of sulfonamides is 1. The first-order valence-corrected chi connectivity index (χ1v) is 7.78. The standard InChI is InChI=1S/C14H17NO5S/c1-18-12-3-4-13(19-2)14(9-12)21(16,17)15-7-5-11-6-8-20-10-11/h3-4,6,8-10,15H,5,7H2,1-2H3. The second-order valence-electron chi connectivity index (χ2n) is 4.30. The zero-order chi connectivity index (χ0) is 15.3. The van der Waals surface area contributed by atoms with Gasteiger partial charge >= 0.3 is 0 Å². The van der Waals surface area contributed by atoms with Gasteiger partial charge in [0.1, 0.15) is 16.4 Å². The Kier molecular flexibility index (Phi) is 4.87. The second-order valence-corrected chi connectivity index (χ2v) is 6.03. The van der Waals surface area contributed by atoms with E-state index in [4.69, 9.17) is 13.9 Å². The molecule has 114 valence electrons. The van der Waals surface area contributed by atoms with Crippen molar-refractivity contribution in [2.24, 2.45) is 0 Å². The van der Waals surface area contributed by atoms with Gasteiger partial charge in [-0.15, -0.1) is 0 Å². The number of ether oxygens (including phenoxy) is 2. The molecule has 2 aromatic rings.